The van der Waals surface area contributed by atoms with Gasteiger partial charge in [-0.2, -0.15) is 0 Å². The lowest BCUT2D eigenvalue weighted by atomic mass is 9.93. The van der Waals surface area contributed by atoms with Gasteiger partial charge in [-0.05, 0) is 32.7 Å². The summed E-state index contributed by atoms with van der Waals surface area (Å²) in [6, 6.07) is 0. The van der Waals surface area contributed by atoms with Crippen LogP contribution in [0.15, 0.2) is 0 Å². The zero-order valence-electron chi connectivity index (χ0n) is 14.6. The Morgan fingerprint density at radius 3 is 3.04 bits per heavy atom. The highest BCUT2D eigenvalue weighted by Crippen LogP contribution is 2.26. The first-order valence-corrected chi connectivity index (χ1v) is 8.97. The van der Waals surface area contributed by atoms with Crippen molar-refractivity contribution < 1.29 is 14.3 Å². The minimum Gasteiger partial charge on any atom is -0.375 e. The first kappa shape index (κ1) is 17.2. The molecule has 0 bridgehead atoms. The summed E-state index contributed by atoms with van der Waals surface area (Å²) < 4.78 is 5.76. The molecular weight excluding hydrogens is 306 g/mol. The third-order valence-electron chi connectivity index (χ3n) is 5.02. The molecule has 6 nitrogen and oxygen atoms in total. The summed E-state index contributed by atoms with van der Waals surface area (Å²) in [5.41, 5.74) is 2.86. The van der Waals surface area contributed by atoms with Crippen LogP contribution in [0.2, 0.25) is 0 Å². The molecule has 0 radical (unpaired) electrons. The van der Waals surface area contributed by atoms with Crippen LogP contribution < -0.4 is 5.32 Å². The van der Waals surface area contributed by atoms with E-state index in [9.17, 15) is 9.59 Å². The smallest absolute Gasteiger partial charge is 0.253 e. The van der Waals surface area contributed by atoms with Crippen molar-refractivity contribution >= 4 is 11.7 Å². The number of morpholine rings is 1. The number of aromatic nitrogens is 1. The van der Waals surface area contributed by atoms with Crippen molar-refractivity contribution in [2.24, 2.45) is 0 Å². The van der Waals surface area contributed by atoms with E-state index in [-0.39, 0.29) is 17.8 Å². The number of H-pyrrole nitrogens is 1. The van der Waals surface area contributed by atoms with Crippen LogP contribution in [0.1, 0.15) is 58.3 Å². The molecule has 0 saturated carbocycles. The number of carbonyl (C=O) groups excluding carboxylic acids is 2. The zero-order valence-corrected chi connectivity index (χ0v) is 14.6. The SMILES string of the molecule is CCN1CCOC(CCNC(=O)c2c(C)[nH]c3c2C(=O)CCC3)C1. The largest absolute Gasteiger partial charge is 0.375 e. The van der Waals surface area contributed by atoms with Gasteiger partial charge in [-0.15, -0.1) is 0 Å². The second-order valence-electron chi connectivity index (χ2n) is 6.69. The molecule has 1 atom stereocenters. The van der Waals surface area contributed by atoms with Gasteiger partial charge in [-0.3, -0.25) is 14.5 Å². The topological polar surface area (TPSA) is 74.4 Å². The number of amides is 1. The summed E-state index contributed by atoms with van der Waals surface area (Å²) in [4.78, 5) is 30.3. The molecule has 1 fully saturated rings. The minimum absolute atomic E-state index is 0.0833. The standard InChI is InChI=1S/C18H27N3O3/c1-3-21-9-10-24-13(11-21)7-8-19-18(23)16-12(2)20-14-5-4-6-15(22)17(14)16/h13,20H,3-11H2,1-2H3,(H,19,23). The lowest BCUT2D eigenvalue weighted by Crippen LogP contribution is -2.43. The predicted octanol–water partition coefficient (Wildman–Crippen LogP) is 1.68. The molecule has 1 aromatic rings. The van der Waals surface area contributed by atoms with Crippen LogP contribution in [-0.4, -0.2) is 60.5 Å². The molecule has 3 rings (SSSR count). The van der Waals surface area contributed by atoms with Crippen molar-refractivity contribution in [3.05, 3.63) is 22.5 Å². The molecule has 1 aromatic heterocycles. The predicted molar refractivity (Wildman–Crippen MR) is 91.6 cm³/mol. The van der Waals surface area contributed by atoms with E-state index in [4.69, 9.17) is 4.74 Å². The Balaban J connectivity index is 1.58. The van der Waals surface area contributed by atoms with Gasteiger partial charge in [0, 0.05) is 37.4 Å². The van der Waals surface area contributed by atoms with Crippen molar-refractivity contribution in [3.63, 3.8) is 0 Å². The monoisotopic (exact) mass is 333 g/mol. The maximum absolute atomic E-state index is 12.6. The lowest BCUT2D eigenvalue weighted by molar-refractivity contribution is -0.0296. The maximum atomic E-state index is 12.6. The molecule has 1 unspecified atom stereocenters. The molecule has 2 heterocycles. The number of likely N-dealkylation sites (N-methyl/N-ethyl adjacent to an activating group) is 1. The number of nitrogens with one attached hydrogen (secondary N) is 2. The second-order valence-corrected chi connectivity index (χ2v) is 6.69. The number of hydrogen-bond donors (Lipinski definition) is 2. The number of ether oxygens (including phenoxy) is 1. The number of aromatic amines is 1. The molecular formula is C18H27N3O3. The second kappa shape index (κ2) is 7.49. The number of Topliss-reactive ketones (excluding diaryl/α,β-unsaturated/α-hetero) is 1. The number of nitrogens with zero attached hydrogens (tertiary/aromatic N) is 1. The highest BCUT2D eigenvalue weighted by Gasteiger charge is 2.28. The number of rotatable bonds is 5. The first-order chi connectivity index (χ1) is 11.6. The van der Waals surface area contributed by atoms with E-state index in [0.29, 0.717) is 24.1 Å². The fourth-order valence-electron chi connectivity index (χ4n) is 3.70. The van der Waals surface area contributed by atoms with Crippen molar-refractivity contribution in [1.29, 1.82) is 0 Å². The van der Waals surface area contributed by atoms with Gasteiger partial charge in [0.25, 0.3) is 5.91 Å². The van der Waals surface area contributed by atoms with E-state index in [0.717, 1.165) is 56.9 Å². The van der Waals surface area contributed by atoms with Crippen LogP contribution >= 0.6 is 0 Å². The third-order valence-corrected chi connectivity index (χ3v) is 5.02. The van der Waals surface area contributed by atoms with E-state index in [1.807, 2.05) is 6.92 Å². The maximum Gasteiger partial charge on any atom is 0.253 e. The Labute approximate surface area is 142 Å². The van der Waals surface area contributed by atoms with Gasteiger partial charge in [-0.25, -0.2) is 0 Å². The van der Waals surface area contributed by atoms with E-state index in [1.54, 1.807) is 0 Å². The zero-order chi connectivity index (χ0) is 17.1. The van der Waals surface area contributed by atoms with Gasteiger partial charge >= 0.3 is 0 Å². The molecule has 24 heavy (non-hydrogen) atoms. The lowest BCUT2D eigenvalue weighted by Gasteiger charge is -2.32. The molecule has 1 aliphatic heterocycles. The van der Waals surface area contributed by atoms with Crippen LogP contribution in [0, 0.1) is 6.92 Å². The Kier molecular flexibility index (Phi) is 5.36. The molecule has 0 spiro atoms. The number of carbonyl (C=O) groups is 2. The summed E-state index contributed by atoms with van der Waals surface area (Å²) in [7, 11) is 0. The molecule has 1 saturated heterocycles. The van der Waals surface area contributed by atoms with Crippen LogP contribution in [-0.2, 0) is 11.2 Å². The Morgan fingerprint density at radius 2 is 2.25 bits per heavy atom. The van der Waals surface area contributed by atoms with Gasteiger partial charge < -0.3 is 15.0 Å². The van der Waals surface area contributed by atoms with Crippen LogP contribution in [0.3, 0.4) is 0 Å². The molecule has 0 aromatic carbocycles. The Hall–Kier alpha value is -1.66. The molecule has 2 aliphatic rings. The van der Waals surface area contributed by atoms with Crippen molar-refractivity contribution in [3.8, 4) is 0 Å². The molecule has 2 N–H and O–H groups in total. The van der Waals surface area contributed by atoms with E-state index < -0.39 is 0 Å². The summed E-state index contributed by atoms with van der Waals surface area (Å²) in [5.74, 6) is -0.0663. The quantitative estimate of drug-likeness (QED) is 0.860. The van der Waals surface area contributed by atoms with Crippen molar-refractivity contribution in [1.82, 2.24) is 15.2 Å². The summed E-state index contributed by atoms with van der Waals surface area (Å²) >= 11 is 0. The first-order valence-electron chi connectivity index (χ1n) is 8.97. The van der Waals surface area contributed by atoms with Crippen molar-refractivity contribution in [2.45, 2.75) is 45.6 Å². The average molecular weight is 333 g/mol. The minimum atomic E-state index is -0.150. The van der Waals surface area contributed by atoms with Gasteiger partial charge in [0.2, 0.25) is 0 Å². The Morgan fingerprint density at radius 1 is 1.42 bits per heavy atom. The van der Waals surface area contributed by atoms with E-state index in [2.05, 4.69) is 22.1 Å². The molecule has 132 valence electrons. The molecule has 6 heteroatoms. The van der Waals surface area contributed by atoms with Crippen LogP contribution in [0.5, 0.6) is 0 Å². The third kappa shape index (κ3) is 3.54. The highest BCUT2D eigenvalue weighted by atomic mass is 16.5. The Bertz CT molecular complexity index is 623. The summed E-state index contributed by atoms with van der Waals surface area (Å²) in [6.45, 7) is 8.27. The summed E-state index contributed by atoms with van der Waals surface area (Å²) in [5, 5.41) is 2.97. The average Bonchev–Trinajstić information content (AvgIpc) is 2.92. The van der Waals surface area contributed by atoms with Crippen LogP contribution in [0.25, 0.3) is 0 Å². The number of hydrogen-bond acceptors (Lipinski definition) is 4. The van der Waals surface area contributed by atoms with Crippen LogP contribution in [0.4, 0.5) is 0 Å². The fraction of sp³-hybridized carbons (Fsp3) is 0.667. The summed E-state index contributed by atoms with van der Waals surface area (Å²) in [6.07, 6.45) is 3.20. The number of aryl methyl sites for hydroxylation is 2. The van der Waals surface area contributed by atoms with E-state index in [1.165, 1.54) is 0 Å². The van der Waals surface area contributed by atoms with Gasteiger partial charge in [0.05, 0.1) is 23.8 Å². The molecule has 1 amide bonds. The highest BCUT2D eigenvalue weighted by molar-refractivity contribution is 6.10. The number of ketones is 1. The fourth-order valence-corrected chi connectivity index (χ4v) is 3.70. The number of fused-ring (bicyclic) bond motifs is 1. The normalized spacial score (nSPS) is 21.6. The molecule has 1 aliphatic carbocycles. The van der Waals surface area contributed by atoms with Gasteiger partial charge in [-0.1, -0.05) is 6.92 Å². The van der Waals surface area contributed by atoms with Gasteiger partial charge in [0.1, 0.15) is 0 Å². The van der Waals surface area contributed by atoms with Crippen molar-refractivity contribution in [2.75, 3.05) is 32.8 Å². The van der Waals surface area contributed by atoms with E-state index >= 15 is 0 Å². The van der Waals surface area contributed by atoms with Gasteiger partial charge in [0.15, 0.2) is 5.78 Å².